The second-order valence-corrected chi connectivity index (χ2v) is 8.25. The summed E-state index contributed by atoms with van der Waals surface area (Å²) in [4.78, 5) is 24.2. The molecule has 0 heterocycles. The largest absolute Gasteiger partial charge is 0.483 e. The van der Waals surface area contributed by atoms with Gasteiger partial charge in [0.15, 0.2) is 6.61 Å². The number of amides is 2. The monoisotopic (exact) mass is 508 g/mol. The zero-order valence-corrected chi connectivity index (χ0v) is 20.0. The lowest BCUT2D eigenvalue weighted by Crippen LogP contribution is -2.26. The lowest BCUT2D eigenvalue weighted by Gasteiger charge is -2.09. The predicted octanol–water partition coefficient (Wildman–Crippen LogP) is 5.40. The number of halogens is 1. The molecule has 3 aromatic rings. The van der Waals surface area contributed by atoms with Gasteiger partial charge >= 0.3 is 0 Å². The molecule has 0 spiro atoms. The summed E-state index contributed by atoms with van der Waals surface area (Å²) in [6.45, 7) is 3.45. The molecule has 7 nitrogen and oxygen atoms in total. The summed E-state index contributed by atoms with van der Waals surface area (Å²) in [6, 6.07) is 22.8. The fraction of sp³-hybridized carbons (Fsp3) is 0.160. The first-order valence-electron chi connectivity index (χ1n) is 10.3. The predicted molar refractivity (Wildman–Crippen MR) is 135 cm³/mol. The Morgan fingerprint density at radius 3 is 2.27 bits per heavy atom. The number of nitrogens with one attached hydrogen (secondary N) is 3. The van der Waals surface area contributed by atoms with Gasteiger partial charge in [-0.3, -0.25) is 9.59 Å². The quantitative estimate of drug-likeness (QED) is 0.266. The molecule has 3 rings (SSSR count). The van der Waals surface area contributed by atoms with Crippen LogP contribution in [-0.2, 0) is 9.59 Å². The van der Waals surface area contributed by atoms with Crippen molar-refractivity contribution in [2.75, 3.05) is 17.2 Å². The smallest absolute Gasteiger partial charge is 0.277 e. The highest BCUT2D eigenvalue weighted by atomic mass is 79.9. The molecular formula is C25H25BrN4O3. The number of ether oxygens (including phenoxy) is 1. The topological polar surface area (TPSA) is 91.8 Å². The van der Waals surface area contributed by atoms with Gasteiger partial charge in [-0.2, -0.15) is 5.10 Å². The van der Waals surface area contributed by atoms with Gasteiger partial charge < -0.3 is 15.4 Å². The van der Waals surface area contributed by atoms with Crippen LogP contribution in [0, 0.1) is 6.92 Å². The van der Waals surface area contributed by atoms with Crippen molar-refractivity contribution in [2.24, 2.45) is 5.10 Å². The number of benzene rings is 3. The molecule has 3 N–H and O–H groups in total. The highest BCUT2D eigenvalue weighted by Crippen LogP contribution is 2.25. The zero-order chi connectivity index (χ0) is 23.6. The van der Waals surface area contributed by atoms with Crippen LogP contribution < -0.4 is 20.8 Å². The van der Waals surface area contributed by atoms with Crippen molar-refractivity contribution in [3.8, 4) is 5.75 Å². The highest BCUT2D eigenvalue weighted by Gasteiger charge is 2.08. The molecule has 2 amide bonds. The highest BCUT2D eigenvalue weighted by molar-refractivity contribution is 9.10. The molecule has 0 saturated heterocycles. The van der Waals surface area contributed by atoms with E-state index >= 15 is 0 Å². The number of hydrogen-bond acceptors (Lipinski definition) is 5. The van der Waals surface area contributed by atoms with Gasteiger partial charge in [0, 0.05) is 22.8 Å². The number of carbonyl (C=O) groups excluding carboxylic acids is 2. The van der Waals surface area contributed by atoms with E-state index in [0.29, 0.717) is 17.1 Å². The first-order valence-corrected chi connectivity index (χ1v) is 11.1. The molecule has 0 aliphatic carbocycles. The van der Waals surface area contributed by atoms with E-state index in [-0.39, 0.29) is 18.9 Å². The van der Waals surface area contributed by atoms with E-state index in [1.54, 1.807) is 13.0 Å². The molecule has 8 heteroatoms. The molecular weight excluding hydrogens is 484 g/mol. The van der Waals surface area contributed by atoms with Crippen molar-refractivity contribution in [3.63, 3.8) is 0 Å². The zero-order valence-electron chi connectivity index (χ0n) is 18.4. The van der Waals surface area contributed by atoms with Crippen molar-refractivity contribution < 1.29 is 14.3 Å². The maximum atomic E-state index is 12.3. The van der Waals surface area contributed by atoms with Gasteiger partial charge in [0.2, 0.25) is 5.91 Å². The Morgan fingerprint density at radius 1 is 0.909 bits per heavy atom. The first kappa shape index (κ1) is 24.0. The Kier molecular flexibility index (Phi) is 8.60. The minimum Gasteiger partial charge on any atom is -0.483 e. The summed E-state index contributed by atoms with van der Waals surface area (Å²) in [7, 11) is 0. The van der Waals surface area contributed by atoms with E-state index in [2.05, 4.69) is 37.1 Å². The van der Waals surface area contributed by atoms with Gasteiger partial charge in [0.1, 0.15) is 5.75 Å². The van der Waals surface area contributed by atoms with Crippen molar-refractivity contribution in [2.45, 2.75) is 20.3 Å². The van der Waals surface area contributed by atoms with Crippen molar-refractivity contribution >= 4 is 50.5 Å². The normalized spacial score (nSPS) is 10.9. The lowest BCUT2D eigenvalue weighted by molar-refractivity contribution is -0.123. The van der Waals surface area contributed by atoms with E-state index in [1.807, 2.05) is 73.7 Å². The van der Waals surface area contributed by atoms with Gasteiger partial charge in [0.25, 0.3) is 5.91 Å². The lowest BCUT2D eigenvalue weighted by atomic mass is 10.2. The van der Waals surface area contributed by atoms with Gasteiger partial charge in [-0.25, -0.2) is 5.43 Å². The second-order valence-electron chi connectivity index (χ2n) is 7.40. The van der Waals surface area contributed by atoms with Crippen molar-refractivity contribution in [1.82, 2.24) is 5.43 Å². The maximum absolute atomic E-state index is 12.3. The maximum Gasteiger partial charge on any atom is 0.277 e. The fourth-order valence-corrected chi connectivity index (χ4v) is 3.47. The van der Waals surface area contributed by atoms with Crippen molar-refractivity contribution in [1.29, 1.82) is 0 Å². The van der Waals surface area contributed by atoms with E-state index < -0.39 is 5.91 Å². The molecule has 0 atom stereocenters. The Labute approximate surface area is 201 Å². The minimum atomic E-state index is -0.413. The molecule has 0 aromatic heterocycles. The third kappa shape index (κ3) is 8.08. The van der Waals surface area contributed by atoms with Crippen LogP contribution in [-0.4, -0.2) is 24.1 Å². The van der Waals surface area contributed by atoms with Crippen LogP contribution in [0.15, 0.2) is 82.4 Å². The standard InChI is InChI=1S/C25H25BrN4O3/c1-17-8-13-23(22(26)14-17)33-16-25(32)30-29-18(2)15-24(31)28-21-11-9-20(10-12-21)27-19-6-4-3-5-7-19/h3-14,27H,15-16H2,1-2H3,(H,28,31)(H,30,32)/b29-18-. The van der Waals surface area contributed by atoms with Gasteiger partial charge in [0.05, 0.1) is 10.9 Å². The molecule has 0 fully saturated rings. The molecule has 3 aromatic carbocycles. The SMILES string of the molecule is C/C(CC(=O)Nc1ccc(Nc2ccccc2)cc1)=N/NC(=O)COc1ccc(C)cc1Br. The number of aryl methyl sites for hydroxylation is 1. The number of nitrogens with zero attached hydrogens (tertiary/aromatic N) is 1. The van der Waals surface area contributed by atoms with Crippen LogP contribution in [0.1, 0.15) is 18.9 Å². The molecule has 0 unspecified atom stereocenters. The summed E-state index contributed by atoms with van der Waals surface area (Å²) in [6.07, 6.45) is 0.0503. The van der Waals surface area contributed by atoms with Crippen LogP contribution in [0.4, 0.5) is 17.1 Å². The van der Waals surface area contributed by atoms with E-state index in [1.165, 1.54) is 0 Å². The molecule has 0 saturated carbocycles. The van der Waals surface area contributed by atoms with Crippen molar-refractivity contribution in [3.05, 3.63) is 82.8 Å². The summed E-state index contributed by atoms with van der Waals surface area (Å²) in [5.41, 5.74) is 6.53. The Balaban J connectivity index is 1.42. The Hall–Kier alpha value is -3.65. The summed E-state index contributed by atoms with van der Waals surface area (Å²) in [5, 5.41) is 10.1. The molecule has 0 aliphatic rings. The van der Waals surface area contributed by atoms with Gasteiger partial charge in [-0.15, -0.1) is 0 Å². The number of hydrogen-bond donors (Lipinski definition) is 3. The summed E-state index contributed by atoms with van der Waals surface area (Å²) in [5.74, 6) is -0.0707. The second kappa shape index (κ2) is 11.8. The molecule has 0 aliphatic heterocycles. The minimum absolute atomic E-state index is 0.0503. The molecule has 0 radical (unpaired) electrons. The summed E-state index contributed by atoms with van der Waals surface area (Å²) < 4.78 is 6.25. The van der Waals surface area contributed by atoms with E-state index in [4.69, 9.17) is 4.74 Å². The number of hydrazone groups is 1. The summed E-state index contributed by atoms with van der Waals surface area (Å²) >= 11 is 3.40. The van der Waals surface area contributed by atoms with Crippen LogP contribution in [0.2, 0.25) is 0 Å². The fourth-order valence-electron chi connectivity index (χ4n) is 2.86. The van der Waals surface area contributed by atoms with Crippen LogP contribution in [0.5, 0.6) is 5.75 Å². The third-order valence-electron chi connectivity index (χ3n) is 4.47. The Morgan fingerprint density at radius 2 is 1.58 bits per heavy atom. The van der Waals surface area contributed by atoms with E-state index in [0.717, 1.165) is 21.4 Å². The molecule has 0 bridgehead atoms. The number of carbonyl (C=O) groups is 2. The average Bonchev–Trinajstić information content (AvgIpc) is 2.79. The number of anilines is 3. The molecule has 170 valence electrons. The van der Waals surface area contributed by atoms with E-state index in [9.17, 15) is 9.59 Å². The number of rotatable bonds is 9. The molecule has 33 heavy (non-hydrogen) atoms. The first-order chi connectivity index (χ1) is 15.9. The van der Waals surface area contributed by atoms with Crippen LogP contribution in [0.25, 0.3) is 0 Å². The van der Waals surface area contributed by atoms with Gasteiger partial charge in [-0.1, -0.05) is 24.3 Å². The van der Waals surface area contributed by atoms with Crippen LogP contribution >= 0.6 is 15.9 Å². The average molecular weight is 509 g/mol. The third-order valence-corrected chi connectivity index (χ3v) is 5.08. The Bertz CT molecular complexity index is 1130. The van der Waals surface area contributed by atoms with Crippen LogP contribution in [0.3, 0.4) is 0 Å². The van der Waals surface area contributed by atoms with Gasteiger partial charge in [-0.05, 0) is 83.9 Å². The number of para-hydroxylation sites is 1.